The van der Waals surface area contributed by atoms with Crippen LogP contribution in [0, 0.1) is 47.4 Å². The lowest BCUT2D eigenvalue weighted by molar-refractivity contribution is -0.147. The maximum atomic E-state index is 14.3. The number of halogens is 8. The molecule has 0 aromatic heterocycles. The lowest BCUT2D eigenvalue weighted by atomic mass is 10.1. The highest BCUT2D eigenvalue weighted by atomic mass is 35.5. The van der Waals surface area contributed by atoms with Crippen molar-refractivity contribution < 1.29 is 47.1 Å². The Bertz CT molecular complexity index is 989. The van der Waals surface area contributed by atoms with E-state index < -0.39 is 82.2 Å². The molecule has 1 fully saturated rings. The van der Waals surface area contributed by atoms with Crippen LogP contribution >= 0.6 is 11.6 Å². The minimum Gasteiger partial charge on any atom is -0.460 e. The molecule has 0 unspecified atom stereocenters. The second-order valence-corrected chi connectivity index (χ2v) is 6.77. The number of hydrogen-bond donors (Lipinski definition) is 0. The molecule has 2 atom stereocenters. The van der Waals surface area contributed by atoms with Crippen molar-refractivity contribution in [3.8, 4) is 0 Å². The van der Waals surface area contributed by atoms with Crippen LogP contribution in [0.2, 0.25) is 0 Å². The van der Waals surface area contributed by atoms with Gasteiger partial charge in [0.15, 0.2) is 23.3 Å². The number of ether oxygens (including phenoxy) is 1. The molecule has 0 saturated heterocycles. The van der Waals surface area contributed by atoms with E-state index in [1.165, 1.54) is 13.8 Å². The second-order valence-electron chi connectivity index (χ2n) is 6.37. The summed E-state index contributed by atoms with van der Waals surface area (Å²) in [6.45, 7) is -4.91. The van der Waals surface area contributed by atoms with Crippen molar-refractivity contribution in [2.75, 3.05) is 0 Å². The SMILES string of the molecule is [2H]C([2H])([2H])c1c(F)c(F)c(F)c(F)c1C([2H])([2H])OC(=O)[C@@H]1[C@H](/C=C(\Cl)C(F)(F)F)C1(C)C. The van der Waals surface area contributed by atoms with Crippen molar-refractivity contribution in [3.05, 3.63) is 45.5 Å². The van der Waals surface area contributed by atoms with Crippen molar-refractivity contribution in [1.29, 1.82) is 0 Å². The maximum Gasteiger partial charge on any atom is 0.426 e. The standard InChI is InChI=1S/C17H14ClF7O2/c1-6-7(12(20)14(22)13(21)11(6)19)5-27-15(26)10-8(16(10,2)3)4-9(18)17(23,24)25/h4,8,10H,5H2,1-3H3/b9-4-/t8-,10-/m0/s1/i1D3,5D2. The molecule has 0 spiro atoms. The zero-order valence-electron chi connectivity index (χ0n) is 18.6. The van der Waals surface area contributed by atoms with Crippen molar-refractivity contribution in [1.82, 2.24) is 0 Å². The first-order valence-corrected chi connectivity index (χ1v) is 7.57. The summed E-state index contributed by atoms with van der Waals surface area (Å²) in [6, 6.07) is 0. The zero-order valence-corrected chi connectivity index (χ0v) is 14.3. The van der Waals surface area contributed by atoms with Gasteiger partial charge in [-0.15, -0.1) is 0 Å². The fraction of sp³-hybridized carbons (Fsp3) is 0.471. The van der Waals surface area contributed by atoms with Crippen LogP contribution in [0.25, 0.3) is 0 Å². The molecule has 0 radical (unpaired) electrons. The number of allylic oxidation sites excluding steroid dienone is 2. The lowest BCUT2D eigenvalue weighted by Gasteiger charge is -2.11. The molecule has 1 saturated carbocycles. The topological polar surface area (TPSA) is 26.3 Å². The van der Waals surface area contributed by atoms with Crippen LogP contribution < -0.4 is 0 Å². The summed E-state index contributed by atoms with van der Waals surface area (Å²) in [5, 5.41) is -1.56. The van der Waals surface area contributed by atoms with E-state index >= 15 is 0 Å². The fourth-order valence-electron chi connectivity index (χ4n) is 2.58. The third kappa shape index (κ3) is 3.93. The normalized spacial score (nSPS) is 25.7. The summed E-state index contributed by atoms with van der Waals surface area (Å²) < 4.78 is 135. The van der Waals surface area contributed by atoms with E-state index in [1.54, 1.807) is 0 Å². The number of rotatable bonds is 4. The monoisotopic (exact) mass is 423 g/mol. The number of benzene rings is 1. The van der Waals surface area contributed by atoms with E-state index in [9.17, 15) is 35.5 Å². The Kier molecular flexibility index (Phi) is 3.94. The number of hydrogen-bond acceptors (Lipinski definition) is 2. The van der Waals surface area contributed by atoms with E-state index in [4.69, 9.17) is 18.5 Å². The first-order valence-electron chi connectivity index (χ1n) is 9.70. The quantitative estimate of drug-likeness (QED) is 0.274. The number of esters is 1. The van der Waals surface area contributed by atoms with Crippen molar-refractivity contribution >= 4 is 17.6 Å². The summed E-state index contributed by atoms with van der Waals surface area (Å²) in [5.41, 5.74) is -5.04. The van der Waals surface area contributed by atoms with Crippen LogP contribution in [0.1, 0.15) is 31.8 Å². The van der Waals surface area contributed by atoms with E-state index in [2.05, 4.69) is 4.74 Å². The fourth-order valence-corrected chi connectivity index (χ4v) is 2.72. The zero-order chi connectivity index (χ0) is 25.2. The third-order valence-corrected chi connectivity index (χ3v) is 4.62. The summed E-state index contributed by atoms with van der Waals surface area (Å²) in [5.74, 6) is -14.1. The molecule has 0 N–H and O–H groups in total. The first kappa shape index (κ1) is 15.2. The number of alkyl halides is 3. The van der Waals surface area contributed by atoms with Gasteiger partial charge in [-0.25, -0.2) is 17.6 Å². The van der Waals surface area contributed by atoms with E-state index in [-0.39, 0.29) is 0 Å². The Morgan fingerprint density at radius 1 is 1.22 bits per heavy atom. The largest absolute Gasteiger partial charge is 0.460 e. The van der Waals surface area contributed by atoms with Gasteiger partial charge in [-0.3, -0.25) is 4.79 Å². The van der Waals surface area contributed by atoms with Crippen LogP contribution in [-0.2, 0) is 16.1 Å². The molecule has 10 heteroatoms. The van der Waals surface area contributed by atoms with Gasteiger partial charge < -0.3 is 4.74 Å². The Balaban J connectivity index is 2.48. The first-order chi connectivity index (χ1) is 14.2. The molecule has 0 aliphatic heterocycles. The molecule has 1 aliphatic rings. The molecule has 2 rings (SSSR count). The number of carbonyl (C=O) groups is 1. The number of carbonyl (C=O) groups excluding carboxylic acids is 1. The summed E-state index contributed by atoms with van der Waals surface area (Å²) in [7, 11) is 0. The van der Waals surface area contributed by atoms with Gasteiger partial charge in [-0.2, -0.15) is 13.2 Å². The second kappa shape index (κ2) is 7.00. The van der Waals surface area contributed by atoms with Crippen LogP contribution in [-0.4, -0.2) is 12.1 Å². The molecule has 1 aromatic carbocycles. The average Bonchev–Trinajstić information content (AvgIpc) is 3.13. The van der Waals surface area contributed by atoms with Gasteiger partial charge >= 0.3 is 12.1 Å². The summed E-state index contributed by atoms with van der Waals surface area (Å²) >= 11 is 5.14. The molecule has 150 valence electrons. The Morgan fingerprint density at radius 3 is 2.30 bits per heavy atom. The van der Waals surface area contributed by atoms with Crippen LogP contribution in [0.3, 0.4) is 0 Å². The molecular formula is C17H14ClF7O2. The minimum absolute atomic E-state index is 0.495. The summed E-state index contributed by atoms with van der Waals surface area (Å²) in [6.07, 6.45) is -4.43. The maximum absolute atomic E-state index is 14.3. The molecule has 1 aromatic rings. The van der Waals surface area contributed by atoms with Gasteiger partial charge in [-0.05, 0) is 23.7 Å². The molecule has 0 amide bonds. The van der Waals surface area contributed by atoms with E-state index in [0.29, 0.717) is 6.08 Å². The smallest absolute Gasteiger partial charge is 0.426 e. The van der Waals surface area contributed by atoms with E-state index in [1.807, 2.05) is 0 Å². The van der Waals surface area contributed by atoms with Gasteiger partial charge in [0.2, 0.25) is 0 Å². The summed E-state index contributed by atoms with van der Waals surface area (Å²) in [4.78, 5) is 12.4. The molecule has 2 nitrogen and oxygen atoms in total. The Labute approximate surface area is 162 Å². The molecule has 27 heavy (non-hydrogen) atoms. The Hall–Kier alpha value is -1.77. The molecule has 1 aliphatic carbocycles. The predicted molar refractivity (Wildman–Crippen MR) is 81.6 cm³/mol. The van der Waals surface area contributed by atoms with Crippen LogP contribution in [0.15, 0.2) is 11.1 Å². The van der Waals surface area contributed by atoms with Crippen molar-refractivity contribution in [2.45, 2.75) is 33.4 Å². The van der Waals surface area contributed by atoms with Crippen molar-refractivity contribution in [2.24, 2.45) is 17.3 Å². The highest BCUT2D eigenvalue weighted by Gasteiger charge is 2.62. The van der Waals surface area contributed by atoms with Gasteiger partial charge in [0.05, 0.1) is 8.66 Å². The van der Waals surface area contributed by atoms with E-state index in [0.717, 1.165) is 0 Å². The van der Waals surface area contributed by atoms with Crippen molar-refractivity contribution in [3.63, 3.8) is 0 Å². The lowest BCUT2D eigenvalue weighted by Crippen LogP contribution is -2.14. The predicted octanol–water partition coefficient (Wildman–Crippen LogP) is 5.55. The van der Waals surface area contributed by atoms with Gasteiger partial charge in [-0.1, -0.05) is 31.5 Å². The highest BCUT2D eigenvalue weighted by Crippen LogP contribution is 2.60. The third-order valence-electron chi connectivity index (χ3n) is 4.28. The van der Waals surface area contributed by atoms with Gasteiger partial charge in [0.1, 0.15) is 11.6 Å². The Morgan fingerprint density at radius 2 is 1.78 bits per heavy atom. The molecule has 0 bridgehead atoms. The molecule has 0 heterocycles. The average molecular weight is 424 g/mol. The van der Waals surface area contributed by atoms with Gasteiger partial charge in [0.25, 0.3) is 0 Å². The van der Waals surface area contributed by atoms with Crippen LogP contribution in [0.5, 0.6) is 0 Å². The highest BCUT2D eigenvalue weighted by molar-refractivity contribution is 6.30. The molecular weight excluding hydrogens is 405 g/mol. The van der Waals surface area contributed by atoms with Crippen LogP contribution in [0.4, 0.5) is 30.7 Å². The minimum atomic E-state index is -4.93. The van der Waals surface area contributed by atoms with Gasteiger partial charge in [0, 0.05) is 9.68 Å².